The molecule has 0 aliphatic rings. The minimum absolute atomic E-state index is 0.0636. The Morgan fingerprint density at radius 3 is 2.88 bits per heavy atom. The highest BCUT2D eigenvalue weighted by molar-refractivity contribution is 6.20. The van der Waals surface area contributed by atoms with Crippen LogP contribution in [-0.4, -0.2) is 18.9 Å². The van der Waals surface area contributed by atoms with E-state index in [2.05, 4.69) is 11.3 Å². The second-order valence-corrected chi connectivity index (χ2v) is 0.989. The SMILES string of the molecule is C=CCOC(=O)[C]=O. The van der Waals surface area contributed by atoms with Gasteiger partial charge in [-0.2, -0.15) is 0 Å². The zero-order valence-electron chi connectivity index (χ0n) is 4.22. The number of carbonyl (C=O) groups is 1. The third-order valence-electron chi connectivity index (χ3n) is 0.416. The van der Waals surface area contributed by atoms with Crippen LogP contribution in [0.3, 0.4) is 0 Å². The van der Waals surface area contributed by atoms with Crippen LogP contribution in [0.25, 0.3) is 0 Å². The summed E-state index contributed by atoms with van der Waals surface area (Å²) in [7, 11) is 0. The summed E-state index contributed by atoms with van der Waals surface area (Å²) in [6.07, 6.45) is 2.41. The van der Waals surface area contributed by atoms with E-state index in [-0.39, 0.29) is 6.61 Å². The van der Waals surface area contributed by atoms with Gasteiger partial charge in [0.1, 0.15) is 6.61 Å². The number of hydrogen-bond acceptors (Lipinski definition) is 3. The van der Waals surface area contributed by atoms with Crippen LogP contribution >= 0.6 is 0 Å². The van der Waals surface area contributed by atoms with Crippen molar-refractivity contribution in [3.8, 4) is 0 Å². The maximum atomic E-state index is 9.88. The van der Waals surface area contributed by atoms with Gasteiger partial charge in [0.2, 0.25) is 0 Å². The van der Waals surface area contributed by atoms with Gasteiger partial charge in [-0.1, -0.05) is 12.7 Å². The Balaban J connectivity index is 3.24. The standard InChI is InChI=1S/C5H5O3/c1-2-3-8-5(7)4-6/h2H,1,3H2. The van der Waals surface area contributed by atoms with E-state index < -0.39 is 5.97 Å². The highest BCUT2D eigenvalue weighted by Gasteiger charge is 1.95. The van der Waals surface area contributed by atoms with Gasteiger partial charge < -0.3 is 4.74 Å². The Morgan fingerprint density at radius 1 is 1.88 bits per heavy atom. The lowest BCUT2D eigenvalue weighted by Crippen LogP contribution is -2.04. The van der Waals surface area contributed by atoms with Crippen LogP contribution in [0.15, 0.2) is 12.7 Å². The average Bonchev–Trinajstić information content (AvgIpc) is 1.83. The summed E-state index contributed by atoms with van der Waals surface area (Å²) in [6.45, 7) is 3.32. The van der Waals surface area contributed by atoms with Crippen LogP contribution in [0.4, 0.5) is 0 Å². The fraction of sp³-hybridized carbons (Fsp3) is 0.200. The maximum absolute atomic E-state index is 9.88. The lowest BCUT2D eigenvalue weighted by Gasteiger charge is -1.89. The van der Waals surface area contributed by atoms with Gasteiger partial charge in [-0.3, -0.25) is 4.79 Å². The molecule has 0 aromatic heterocycles. The molecule has 0 N–H and O–H groups in total. The van der Waals surface area contributed by atoms with Crippen molar-refractivity contribution < 1.29 is 14.3 Å². The van der Waals surface area contributed by atoms with E-state index in [1.807, 2.05) is 0 Å². The summed E-state index contributed by atoms with van der Waals surface area (Å²) in [5.41, 5.74) is 0. The van der Waals surface area contributed by atoms with Gasteiger partial charge in [0, 0.05) is 0 Å². The molecule has 3 heteroatoms. The van der Waals surface area contributed by atoms with Gasteiger partial charge in [0.05, 0.1) is 0 Å². The molecule has 0 rings (SSSR count). The largest absolute Gasteiger partial charge is 0.455 e. The van der Waals surface area contributed by atoms with Crippen LogP contribution in [0.2, 0.25) is 0 Å². The summed E-state index contributed by atoms with van der Waals surface area (Å²) < 4.78 is 4.16. The maximum Gasteiger partial charge on any atom is 0.383 e. The molecule has 0 aliphatic heterocycles. The van der Waals surface area contributed by atoms with Crippen molar-refractivity contribution in [3.63, 3.8) is 0 Å². The van der Waals surface area contributed by atoms with E-state index >= 15 is 0 Å². The molecule has 0 atom stereocenters. The van der Waals surface area contributed by atoms with Crippen LogP contribution in [0, 0.1) is 0 Å². The Kier molecular flexibility index (Phi) is 3.48. The summed E-state index contributed by atoms with van der Waals surface area (Å²) in [5.74, 6) is -0.982. The van der Waals surface area contributed by atoms with E-state index in [9.17, 15) is 9.59 Å². The van der Waals surface area contributed by atoms with Crippen molar-refractivity contribution in [2.45, 2.75) is 0 Å². The monoisotopic (exact) mass is 113 g/mol. The third kappa shape index (κ3) is 3.08. The highest BCUT2D eigenvalue weighted by atomic mass is 16.5. The molecule has 0 amide bonds. The van der Waals surface area contributed by atoms with E-state index in [4.69, 9.17) is 0 Å². The first-order valence-electron chi connectivity index (χ1n) is 1.97. The van der Waals surface area contributed by atoms with Crippen molar-refractivity contribution in [3.05, 3.63) is 12.7 Å². The normalized spacial score (nSPS) is 7.50. The van der Waals surface area contributed by atoms with Gasteiger partial charge in [-0.15, -0.1) is 0 Å². The quantitative estimate of drug-likeness (QED) is 0.290. The fourth-order valence-corrected chi connectivity index (χ4v) is 0.164. The van der Waals surface area contributed by atoms with Crippen molar-refractivity contribution in [2.75, 3.05) is 6.61 Å². The highest BCUT2D eigenvalue weighted by Crippen LogP contribution is 1.72. The zero-order valence-corrected chi connectivity index (χ0v) is 4.22. The van der Waals surface area contributed by atoms with Gasteiger partial charge in [0.15, 0.2) is 0 Å². The molecule has 0 aromatic rings. The molecule has 43 valence electrons. The van der Waals surface area contributed by atoms with Crippen molar-refractivity contribution in [1.29, 1.82) is 0 Å². The molecule has 0 bridgehead atoms. The van der Waals surface area contributed by atoms with Crippen molar-refractivity contribution >= 4 is 12.3 Å². The minimum atomic E-state index is -0.982. The van der Waals surface area contributed by atoms with Crippen molar-refractivity contribution in [1.82, 2.24) is 0 Å². The number of ether oxygens (including phenoxy) is 1. The molecule has 0 aromatic carbocycles. The smallest absolute Gasteiger partial charge is 0.383 e. The van der Waals surface area contributed by atoms with Gasteiger partial charge >= 0.3 is 12.3 Å². The second-order valence-electron chi connectivity index (χ2n) is 0.989. The number of hydrogen-bond donors (Lipinski definition) is 0. The Labute approximate surface area is 46.9 Å². The molecule has 8 heavy (non-hydrogen) atoms. The van der Waals surface area contributed by atoms with Crippen LogP contribution in [0.1, 0.15) is 0 Å². The van der Waals surface area contributed by atoms with Crippen LogP contribution < -0.4 is 0 Å². The molecular formula is C5H5O3. The van der Waals surface area contributed by atoms with Crippen molar-refractivity contribution in [2.24, 2.45) is 0 Å². The molecule has 0 saturated heterocycles. The number of esters is 1. The lowest BCUT2D eigenvalue weighted by molar-refractivity contribution is -0.134. The lowest BCUT2D eigenvalue weighted by atomic mass is 10.7. The average molecular weight is 113 g/mol. The molecule has 0 heterocycles. The molecule has 0 aliphatic carbocycles. The summed E-state index contributed by atoms with van der Waals surface area (Å²) in [5, 5.41) is 0. The summed E-state index contributed by atoms with van der Waals surface area (Å²) in [4.78, 5) is 19.3. The summed E-state index contributed by atoms with van der Waals surface area (Å²) >= 11 is 0. The predicted molar refractivity (Wildman–Crippen MR) is 26.8 cm³/mol. The first kappa shape index (κ1) is 6.88. The number of rotatable bonds is 3. The van der Waals surface area contributed by atoms with Gasteiger partial charge in [-0.25, -0.2) is 4.79 Å². The van der Waals surface area contributed by atoms with E-state index in [1.165, 1.54) is 6.08 Å². The Morgan fingerprint density at radius 2 is 2.50 bits per heavy atom. The first-order chi connectivity index (χ1) is 3.81. The van der Waals surface area contributed by atoms with E-state index in [0.29, 0.717) is 0 Å². The molecule has 3 nitrogen and oxygen atoms in total. The molecule has 0 fully saturated rings. The Bertz CT molecular complexity index is 106. The molecule has 1 radical (unpaired) electrons. The van der Waals surface area contributed by atoms with Gasteiger partial charge in [0.25, 0.3) is 0 Å². The predicted octanol–water partition coefficient (Wildman–Crippen LogP) is -0.175. The zero-order chi connectivity index (χ0) is 6.41. The van der Waals surface area contributed by atoms with E-state index in [1.54, 1.807) is 0 Å². The molecule has 0 unspecified atom stereocenters. The molecule has 0 saturated carbocycles. The van der Waals surface area contributed by atoms with Crippen LogP contribution in [0.5, 0.6) is 0 Å². The number of carbonyl (C=O) groups excluding carboxylic acids is 2. The van der Waals surface area contributed by atoms with E-state index in [0.717, 1.165) is 6.29 Å². The Hall–Kier alpha value is -1.12. The molecular weight excluding hydrogens is 108 g/mol. The van der Waals surface area contributed by atoms with Gasteiger partial charge in [-0.05, 0) is 0 Å². The minimum Gasteiger partial charge on any atom is -0.455 e. The molecule has 0 spiro atoms. The third-order valence-corrected chi connectivity index (χ3v) is 0.416. The second kappa shape index (κ2) is 4.05. The topological polar surface area (TPSA) is 43.4 Å². The first-order valence-corrected chi connectivity index (χ1v) is 1.97. The summed E-state index contributed by atoms with van der Waals surface area (Å²) in [6, 6.07) is 0. The fourth-order valence-electron chi connectivity index (χ4n) is 0.164. The van der Waals surface area contributed by atoms with Crippen LogP contribution in [-0.2, 0) is 14.3 Å².